The van der Waals surface area contributed by atoms with Gasteiger partial charge in [-0.15, -0.1) is 0 Å². The van der Waals surface area contributed by atoms with E-state index in [4.69, 9.17) is 5.26 Å². The molecule has 1 aromatic rings. The minimum absolute atomic E-state index is 0.0335. The molecule has 0 saturated carbocycles. The zero-order valence-electron chi connectivity index (χ0n) is 7.55. The van der Waals surface area contributed by atoms with Crippen LogP contribution in [0.15, 0.2) is 18.2 Å². The Morgan fingerprint density at radius 2 is 1.87 bits per heavy atom. The number of benzene rings is 1. The molecular weight excluding hydrogens is 200 g/mol. The second-order valence-corrected chi connectivity index (χ2v) is 3.21. The Balaban J connectivity index is 2.68. The summed E-state index contributed by atoms with van der Waals surface area (Å²) in [5, 5.41) is 8.46. The number of carbonyl (C=O) groups excluding carboxylic acids is 1. The van der Waals surface area contributed by atoms with Gasteiger partial charge in [-0.25, -0.2) is 8.78 Å². The molecule has 0 heterocycles. The molecule has 1 aliphatic rings. The van der Waals surface area contributed by atoms with Crippen LogP contribution < -0.4 is 0 Å². The van der Waals surface area contributed by atoms with Crippen molar-refractivity contribution in [1.82, 2.24) is 0 Å². The minimum Gasteiger partial charge on any atom is -0.294 e. The van der Waals surface area contributed by atoms with Gasteiger partial charge in [0.25, 0.3) is 0 Å². The van der Waals surface area contributed by atoms with E-state index in [2.05, 4.69) is 0 Å². The monoisotopic (exact) mass is 205 g/mol. The standard InChI is InChI=1S/C11H5F2NO/c12-9-4-7-6(1-2-14)3-11(15)8(7)5-10(9)13/h1,4-5H,3H2/b6-1+. The molecule has 0 aliphatic heterocycles. The van der Waals surface area contributed by atoms with Crippen molar-refractivity contribution in [3.05, 3.63) is 41.0 Å². The first kappa shape index (κ1) is 9.53. The highest BCUT2D eigenvalue weighted by molar-refractivity contribution is 6.12. The van der Waals surface area contributed by atoms with Crippen LogP contribution in [0.5, 0.6) is 0 Å². The van der Waals surface area contributed by atoms with Gasteiger partial charge in [-0.1, -0.05) is 0 Å². The van der Waals surface area contributed by atoms with Crippen molar-refractivity contribution in [1.29, 1.82) is 5.26 Å². The lowest BCUT2D eigenvalue weighted by Gasteiger charge is -1.99. The zero-order valence-corrected chi connectivity index (χ0v) is 7.55. The molecule has 0 unspecified atom stereocenters. The number of nitrogens with zero attached hydrogens (tertiary/aromatic N) is 1. The van der Waals surface area contributed by atoms with Crippen LogP contribution in [0.25, 0.3) is 5.57 Å². The maximum atomic E-state index is 12.9. The number of carbonyl (C=O) groups is 1. The molecule has 0 radical (unpaired) electrons. The predicted octanol–water partition coefficient (Wildman–Crippen LogP) is 2.46. The van der Waals surface area contributed by atoms with Crippen LogP contribution in [0, 0.1) is 23.0 Å². The third kappa shape index (κ3) is 1.42. The highest BCUT2D eigenvalue weighted by atomic mass is 19.2. The summed E-state index contributed by atoms with van der Waals surface area (Å²) in [5.74, 6) is -2.34. The third-order valence-corrected chi connectivity index (χ3v) is 2.30. The van der Waals surface area contributed by atoms with Crippen LogP contribution >= 0.6 is 0 Å². The lowest BCUT2D eigenvalue weighted by atomic mass is 10.1. The number of hydrogen-bond acceptors (Lipinski definition) is 2. The molecule has 0 N–H and O–H groups in total. The average Bonchev–Trinajstić information content (AvgIpc) is 2.46. The van der Waals surface area contributed by atoms with Gasteiger partial charge >= 0.3 is 0 Å². The zero-order chi connectivity index (χ0) is 11.0. The van der Waals surface area contributed by atoms with E-state index < -0.39 is 11.6 Å². The fraction of sp³-hybridized carbons (Fsp3) is 0.0909. The molecule has 1 aromatic carbocycles. The first-order valence-electron chi connectivity index (χ1n) is 4.24. The lowest BCUT2D eigenvalue weighted by Crippen LogP contribution is -1.94. The van der Waals surface area contributed by atoms with E-state index in [1.165, 1.54) is 6.08 Å². The smallest absolute Gasteiger partial charge is 0.168 e. The Bertz CT molecular complexity index is 526. The van der Waals surface area contributed by atoms with E-state index in [1.807, 2.05) is 0 Å². The number of ketones is 1. The number of allylic oxidation sites excluding steroid dienone is 2. The van der Waals surface area contributed by atoms with Crippen molar-refractivity contribution in [3.63, 3.8) is 0 Å². The number of Topliss-reactive ketones (excluding diaryl/α,β-unsaturated/α-hetero) is 1. The molecule has 4 heteroatoms. The van der Waals surface area contributed by atoms with Crippen molar-refractivity contribution in [2.75, 3.05) is 0 Å². The summed E-state index contributed by atoms with van der Waals surface area (Å²) in [5.41, 5.74) is 0.909. The fourth-order valence-corrected chi connectivity index (χ4v) is 1.61. The van der Waals surface area contributed by atoms with Gasteiger partial charge in [-0.05, 0) is 23.3 Å². The van der Waals surface area contributed by atoms with Crippen LogP contribution in [-0.4, -0.2) is 5.78 Å². The van der Waals surface area contributed by atoms with Crippen LogP contribution in [0.1, 0.15) is 22.3 Å². The van der Waals surface area contributed by atoms with E-state index >= 15 is 0 Å². The van der Waals surface area contributed by atoms with E-state index in [9.17, 15) is 13.6 Å². The summed E-state index contributed by atoms with van der Waals surface area (Å²) < 4.78 is 25.8. The highest BCUT2D eigenvalue weighted by Crippen LogP contribution is 2.33. The topological polar surface area (TPSA) is 40.9 Å². The van der Waals surface area contributed by atoms with Gasteiger partial charge in [0.2, 0.25) is 0 Å². The van der Waals surface area contributed by atoms with E-state index in [-0.39, 0.29) is 17.8 Å². The van der Waals surface area contributed by atoms with Crippen molar-refractivity contribution in [3.8, 4) is 6.07 Å². The van der Waals surface area contributed by atoms with Gasteiger partial charge in [-0.3, -0.25) is 4.79 Å². The highest BCUT2D eigenvalue weighted by Gasteiger charge is 2.26. The fourth-order valence-electron chi connectivity index (χ4n) is 1.61. The molecule has 0 saturated heterocycles. The Kier molecular flexibility index (Phi) is 2.09. The molecule has 74 valence electrons. The van der Waals surface area contributed by atoms with Gasteiger partial charge in [0.05, 0.1) is 6.07 Å². The van der Waals surface area contributed by atoms with E-state index in [0.29, 0.717) is 11.1 Å². The first-order chi connectivity index (χ1) is 7.13. The van der Waals surface area contributed by atoms with E-state index in [0.717, 1.165) is 12.1 Å². The molecular formula is C11H5F2NO. The van der Waals surface area contributed by atoms with Crippen LogP contribution in [-0.2, 0) is 0 Å². The van der Waals surface area contributed by atoms with Crippen molar-refractivity contribution in [2.45, 2.75) is 6.42 Å². The van der Waals surface area contributed by atoms with Gasteiger partial charge in [0, 0.05) is 18.1 Å². The molecule has 0 fully saturated rings. The SMILES string of the molecule is N#C/C=C1\CC(=O)c2cc(F)c(F)cc21. The summed E-state index contributed by atoms with van der Waals surface area (Å²) >= 11 is 0. The van der Waals surface area contributed by atoms with Crippen LogP contribution in [0.2, 0.25) is 0 Å². The second-order valence-electron chi connectivity index (χ2n) is 3.21. The quantitative estimate of drug-likeness (QED) is 0.610. The first-order valence-corrected chi connectivity index (χ1v) is 4.24. The molecule has 15 heavy (non-hydrogen) atoms. The van der Waals surface area contributed by atoms with Crippen LogP contribution in [0.3, 0.4) is 0 Å². The van der Waals surface area contributed by atoms with E-state index in [1.54, 1.807) is 6.07 Å². The normalized spacial score (nSPS) is 16.6. The van der Waals surface area contributed by atoms with Gasteiger partial charge < -0.3 is 0 Å². The number of nitriles is 1. The second kappa shape index (κ2) is 3.28. The van der Waals surface area contributed by atoms with Gasteiger partial charge in [-0.2, -0.15) is 5.26 Å². The number of hydrogen-bond donors (Lipinski definition) is 0. The molecule has 2 nitrogen and oxygen atoms in total. The third-order valence-electron chi connectivity index (χ3n) is 2.30. The minimum atomic E-state index is -1.04. The molecule has 0 aromatic heterocycles. The molecule has 2 rings (SSSR count). The molecule has 0 atom stereocenters. The molecule has 0 amide bonds. The van der Waals surface area contributed by atoms with Crippen molar-refractivity contribution >= 4 is 11.4 Å². The van der Waals surface area contributed by atoms with Crippen molar-refractivity contribution in [2.24, 2.45) is 0 Å². The van der Waals surface area contributed by atoms with Gasteiger partial charge in [0.1, 0.15) is 0 Å². The summed E-state index contributed by atoms with van der Waals surface area (Å²) in [6.07, 6.45) is 1.22. The lowest BCUT2D eigenvalue weighted by molar-refractivity contribution is 0.100. The largest absolute Gasteiger partial charge is 0.294 e. The van der Waals surface area contributed by atoms with Crippen LogP contribution in [0.4, 0.5) is 8.78 Å². The number of rotatable bonds is 0. The number of halogens is 2. The Morgan fingerprint density at radius 1 is 1.27 bits per heavy atom. The molecule has 0 spiro atoms. The Morgan fingerprint density at radius 3 is 2.47 bits per heavy atom. The van der Waals surface area contributed by atoms with Crippen molar-refractivity contribution < 1.29 is 13.6 Å². The molecule has 0 bridgehead atoms. The summed E-state index contributed by atoms with van der Waals surface area (Å²) in [6, 6.07) is 3.61. The number of fused-ring (bicyclic) bond motifs is 1. The Labute approximate surface area is 84.4 Å². The maximum Gasteiger partial charge on any atom is 0.168 e. The maximum absolute atomic E-state index is 12.9. The average molecular weight is 205 g/mol. The summed E-state index contributed by atoms with van der Waals surface area (Å²) in [7, 11) is 0. The summed E-state index contributed by atoms with van der Waals surface area (Å²) in [6.45, 7) is 0. The Hall–Kier alpha value is -2.02. The predicted molar refractivity (Wildman–Crippen MR) is 48.9 cm³/mol. The van der Waals surface area contributed by atoms with Gasteiger partial charge in [0.15, 0.2) is 17.4 Å². The molecule has 1 aliphatic carbocycles. The summed E-state index contributed by atoms with van der Waals surface area (Å²) in [4.78, 5) is 11.4.